The Bertz CT molecular complexity index is 714. The lowest BCUT2D eigenvalue weighted by atomic mass is 9.72. The highest BCUT2D eigenvalue weighted by Gasteiger charge is 2.60. The molecule has 5 fully saturated rings. The van der Waals surface area contributed by atoms with Crippen molar-refractivity contribution < 1.29 is 30.5 Å². The predicted molar refractivity (Wildman–Crippen MR) is 94.9 cm³/mol. The van der Waals surface area contributed by atoms with Gasteiger partial charge in [-0.2, -0.15) is 21.6 Å². The smallest absolute Gasteiger partial charge is 0.372 e. The van der Waals surface area contributed by atoms with Crippen molar-refractivity contribution in [3.8, 4) is 0 Å². The quantitative estimate of drug-likeness (QED) is 0.502. The van der Waals surface area contributed by atoms with Crippen molar-refractivity contribution in [2.75, 3.05) is 0 Å². The summed E-state index contributed by atoms with van der Waals surface area (Å²) in [5.74, 6) is 0.589. The van der Waals surface area contributed by atoms with E-state index in [0.717, 1.165) is 32.1 Å². The summed E-state index contributed by atoms with van der Waals surface area (Å²) in [4.78, 5) is 2.68. The lowest BCUT2D eigenvalue weighted by Gasteiger charge is -2.53. The molecule has 28 heavy (non-hydrogen) atoms. The molecule has 5 rings (SSSR count). The van der Waals surface area contributed by atoms with E-state index in [4.69, 9.17) is 4.74 Å². The highest BCUT2D eigenvalue weighted by Crippen LogP contribution is 2.54. The lowest BCUT2D eigenvalue weighted by Crippen LogP contribution is -2.63. The molecule has 0 N–H and O–H groups in total. The molecule has 0 aromatic heterocycles. The molecule has 5 aliphatic rings. The van der Waals surface area contributed by atoms with Crippen molar-refractivity contribution >= 4 is 10.1 Å². The van der Waals surface area contributed by atoms with Gasteiger partial charge in [0.25, 0.3) is 0 Å². The summed E-state index contributed by atoms with van der Waals surface area (Å²) in [6, 6.07) is 1.10. The molecule has 8 unspecified atom stereocenters. The number of halogens is 3. The third-order valence-electron chi connectivity index (χ3n) is 7.88. The summed E-state index contributed by atoms with van der Waals surface area (Å²) in [6.45, 7) is 0. The summed E-state index contributed by atoms with van der Waals surface area (Å²) >= 11 is 0. The van der Waals surface area contributed by atoms with Crippen LogP contribution in [0.3, 0.4) is 0 Å². The Hall–Kier alpha value is -0.380. The molecule has 0 radical (unpaired) electrons. The van der Waals surface area contributed by atoms with E-state index in [2.05, 4.69) is 9.08 Å². The van der Waals surface area contributed by atoms with Crippen LogP contribution in [0.1, 0.15) is 64.2 Å². The fourth-order valence-corrected chi connectivity index (χ4v) is 7.63. The molecule has 0 aromatic rings. The van der Waals surface area contributed by atoms with Crippen molar-refractivity contribution in [2.45, 2.75) is 106 Å². The molecule has 3 saturated carbocycles. The average molecular weight is 423 g/mol. The van der Waals surface area contributed by atoms with Crippen LogP contribution < -0.4 is 0 Å². The fraction of sp³-hybridized carbons (Fsp3) is 1.00. The zero-order valence-corrected chi connectivity index (χ0v) is 16.6. The minimum absolute atomic E-state index is 0.208. The van der Waals surface area contributed by atoms with Gasteiger partial charge in [-0.05, 0) is 56.8 Å². The second-order valence-corrected chi connectivity index (χ2v) is 10.8. The minimum atomic E-state index is -5.53. The highest BCUT2D eigenvalue weighted by molar-refractivity contribution is 7.87. The molecule has 0 amide bonds. The van der Waals surface area contributed by atoms with Gasteiger partial charge in [0.2, 0.25) is 0 Å². The molecule has 5 nitrogen and oxygen atoms in total. The highest BCUT2D eigenvalue weighted by atomic mass is 32.2. The number of rotatable bonds is 2. The number of alkyl halides is 3. The molecule has 9 heteroatoms. The van der Waals surface area contributed by atoms with E-state index in [1.807, 2.05) is 0 Å². The van der Waals surface area contributed by atoms with E-state index in [1.165, 1.54) is 12.8 Å². The van der Waals surface area contributed by atoms with E-state index >= 15 is 0 Å². The van der Waals surface area contributed by atoms with Crippen molar-refractivity contribution in [1.29, 1.82) is 0 Å². The van der Waals surface area contributed by atoms with E-state index in [9.17, 15) is 21.6 Å². The molecule has 8 atom stereocenters. The molecule has 3 aliphatic carbocycles. The Morgan fingerprint density at radius 3 is 2.39 bits per heavy atom. The molecule has 2 saturated heterocycles. The van der Waals surface area contributed by atoms with Crippen LogP contribution in [-0.4, -0.2) is 55.3 Å². The van der Waals surface area contributed by atoms with Crippen LogP contribution in [0.4, 0.5) is 13.2 Å². The first-order valence-electron chi connectivity index (χ1n) is 10.7. The Labute approximate surface area is 164 Å². The standard InChI is InChI=1S/C19H28F3NO4S/c20-19(21,22)28(24,25)27-11-8-9-14-13(10-11)12-4-3-7-17-18(12)23(14)15-5-1-2-6-16(15)26-17/h11-18H,1-10H2. The topological polar surface area (TPSA) is 55.8 Å². The number of hydrogen-bond acceptors (Lipinski definition) is 5. The normalized spacial score (nSPS) is 46.5. The van der Waals surface area contributed by atoms with Gasteiger partial charge in [0.05, 0.1) is 18.3 Å². The van der Waals surface area contributed by atoms with Crippen LogP contribution in [0.5, 0.6) is 0 Å². The second kappa shape index (κ2) is 6.82. The first-order valence-corrected chi connectivity index (χ1v) is 12.1. The van der Waals surface area contributed by atoms with E-state index in [0.29, 0.717) is 43.3 Å². The number of ether oxygens (including phenoxy) is 1. The Morgan fingerprint density at radius 1 is 0.857 bits per heavy atom. The van der Waals surface area contributed by atoms with Crippen LogP contribution in [0.2, 0.25) is 0 Å². The van der Waals surface area contributed by atoms with Gasteiger partial charge in [0.15, 0.2) is 0 Å². The van der Waals surface area contributed by atoms with Crippen LogP contribution in [-0.2, 0) is 19.0 Å². The number of hydrogen-bond donors (Lipinski definition) is 0. The Morgan fingerprint density at radius 2 is 1.61 bits per heavy atom. The maximum Gasteiger partial charge on any atom is 0.523 e. The van der Waals surface area contributed by atoms with Gasteiger partial charge in [0.1, 0.15) is 0 Å². The van der Waals surface area contributed by atoms with Crippen molar-refractivity contribution in [3.05, 3.63) is 0 Å². The van der Waals surface area contributed by atoms with Gasteiger partial charge in [-0.15, -0.1) is 0 Å². The lowest BCUT2D eigenvalue weighted by molar-refractivity contribution is -0.177. The average Bonchev–Trinajstić information content (AvgIpc) is 2.97. The van der Waals surface area contributed by atoms with E-state index < -0.39 is 21.7 Å². The van der Waals surface area contributed by atoms with Gasteiger partial charge in [-0.25, -0.2) is 0 Å². The third kappa shape index (κ3) is 3.03. The molecule has 2 aliphatic heterocycles. The number of morpholine rings is 1. The summed E-state index contributed by atoms with van der Waals surface area (Å²) in [5, 5.41) is 0. The van der Waals surface area contributed by atoms with Crippen molar-refractivity contribution in [2.24, 2.45) is 11.8 Å². The SMILES string of the molecule is O=S(=O)(OC1CCC2C(C1)C1CCCC3OC4CCCCC4N2C31)C(F)(F)F. The number of nitrogens with zero attached hydrogens (tertiary/aromatic N) is 1. The maximum atomic E-state index is 12.7. The fourth-order valence-electron chi connectivity index (χ4n) is 6.99. The van der Waals surface area contributed by atoms with Crippen molar-refractivity contribution in [3.63, 3.8) is 0 Å². The van der Waals surface area contributed by atoms with Crippen molar-refractivity contribution in [1.82, 2.24) is 4.90 Å². The summed E-state index contributed by atoms with van der Waals surface area (Å²) < 4.78 is 72.4. The van der Waals surface area contributed by atoms with Crippen LogP contribution in [0, 0.1) is 11.8 Å². The van der Waals surface area contributed by atoms with Gasteiger partial charge < -0.3 is 4.74 Å². The molecule has 0 bridgehead atoms. The Kier molecular flexibility index (Phi) is 4.77. The van der Waals surface area contributed by atoms with Gasteiger partial charge >= 0.3 is 15.6 Å². The first kappa shape index (κ1) is 19.6. The van der Waals surface area contributed by atoms with Crippen LogP contribution in [0.15, 0.2) is 0 Å². The van der Waals surface area contributed by atoms with Gasteiger partial charge in [-0.1, -0.05) is 19.3 Å². The Balaban J connectivity index is 1.38. The maximum absolute atomic E-state index is 12.7. The molecule has 0 spiro atoms. The summed E-state index contributed by atoms with van der Waals surface area (Å²) in [7, 11) is -5.53. The molecular weight excluding hydrogens is 395 g/mol. The molecule has 160 valence electrons. The zero-order chi connectivity index (χ0) is 19.7. The van der Waals surface area contributed by atoms with Gasteiger partial charge in [-0.3, -0.25) is 9.08 Å². The molecule has 0 aromatic carbocycles. The van der Waals surface area contributed by atoms with Crippen LogP contribution >= 0.6 is 0 Å². The van der Waals surface area contributed by atoms with Crippen LogP contribution in [0.25, 0.3) is 0 Å². The largest absolute Gasteiger partial charge is 0.523 e. The van der Waals surface area contributed by atoms with Gasteiger partial charge in [0, 0.05) is 18.1 Å². The van der Waals surface area contributed by atoms with E-state index in [1.54, 1.807) is 0 Å². The van der Waals surface area contributed by atoms with E-state index in [-0.39, 0.29) is 18.1 Å². The number of fused-ring (bicyclic) bond motifs is 5. The summed E-state index contributed by atoms with van der Waals surface area (Å²) in [5.41, 5.74) is -5.35. The monoisotopic (exact) mass is 423 g/mol. The predicted octanol–water partition coefficient (Wildman–Crippen LogP) is 3.58. The second-order valence-electron chi connectivity index (χ2n) is 9.26. The first-order chi connectivity index (χ1) is 13.3. The zero-order valence-electron chi connectivity index (χ0n) is 15.8. The minimum Gasteiger partial charge on any atom is -0.372 e. The molecule has 2 heterocycles. The molecular formula is C19H28F3NO4S. The summed E-state index contributed by atoms with van der Waals surface area (Å²) in [6.07, 6.45) is 8.96. The third-order valence-corrected chi connectivity index (χ3v) is 8.98.